The van der Waals surface area contributed by atoms with Crippen molar-refractivity contribution in [3.63, 3.8) is 0 Å². The van der Waals surface area contributed by atoms with Crippen LogP contribution in [0.4, 0.5) is 0 Å². The van der Waals surface area contributed by atoms with Crippen LogP contribution in [0, 0.1) is 23.2 Å². The van der Waals surface area contributed by atoms with Gasteiger partial charge in [0.1, 0.15) is 6.10 Å². The molecule has 30 heavy (non-hydrogen) atoms. The monoisotopic (exact) mass is 413 g/mol. The first kappa shape index (κ1) is 21.5. The number of rotatable bonds is 5. The van der Waals surface area contributed by atoms with Gasteiger partial charge < -0.3 is 14.9 Å². The Labute approximate surface area is 179 Å². The summed E-state index contributed by atoms with van der Waals surface area (Å²) in [6.07, 6.45) is 3.59. The summed E-state index contributed by atoms with van der Waals surface area (Å²) in [6, 6.07) is 9.43. The molecule has 1 heterocycles. The summed E-state index contributed by atoms with van der Waals surface area (Å²) in [6.45, 7) is 6.81. The molecule has 0 bridgehead atoms. The van der Waals surface area contributed by atoms with Crippen molar-refractivity contribution in [3.05, 3.63) is 47.5 Å². The second-order valence-electron chi connectivity index (χ2n) is 9.83. The first-order valence-corrected chi connectivity index (χ1v) is 11.3. The van der Waals surface area contributed by atoms with Gasteiger partial charge in [0, 0.05) is 30.3 Å². The van der Waals surface area contributed by atoms with E-state index in [4.69, 9.17) is 4.74 Å². The second-order valence-corrected chi connectivity index (χ2v) is 9.83. The van der Waals surface area contributed by atoms with Crippen molar-refractivity contribution in [1.29, 1.82) is 0 Å². The number of likely N-dealkylation sites (N-methyl/N-ethyl adjacent to an activating group) is 1. The Morgan fingerprint density at radius 3 is 2.70 bits per heavy atom. The summed E-state index contributed by atoms with van der Waals surface area (Å²) in [7, 11) is 1.93. The lowest BCUT2D eigenvalue weighted by atomic mass is 9.55. The second kappa shape index (κ2) is 8.10. The number of nitrogens with zero attached hydrogens (tertiary/aromatic N) is 1. The normalized spacial score (nSPS) is 37.8. The Morgan fingerprint density at radius 2 is 2.00 bits per heavy atom. The molecular formula is C25H35NO4. The van der Waals surface area contributed by atoms with Gasteiger partial charge in [0.25, 0.3) is 0 Å². The van der Waals surface area contributed by atoms with Crippen LogP contribution in [-0.2, 0) is 9.53 Å². The molecule has 164 valence electrons. The molecule has 2 fully saturated rings. The van der Waals surface area contributed by atoms with Gasteiger partial charge in [-0.25, -0.2) is 0 Å². The van der Waals surface area contributed by atoms with E-state index in [1.165, 1.54) is 5.57 Å². The zero-order chi connectivity index (χ0) is 21.6. The molecule has 5 heteroatoms. The van der Waals surface area contributed by atoms with Crippen LogP contribution in [0.2, 0.25) is 0 Å². The lowest BCUT2D eigenvalue weighted by Gasteiger charge is -2.52. The summed E-state index contributed by atoms with van der Waals surface area (Å²) in [4.78, 5) is 14.9. The van der Waals surface area contributed by atoms with Crippen LogP contribution < -0.4 is 0 Å². The molecule has 2 N–H and O–H groups in total. The quantitative estimate of drug-likeness (QED) is 0.572. The number of hydrogen-bond acceptors (Lipinski definition) is 5. The molecular weight excluding hydrogens is 378 g/mol. The molecule has 0 spiro atoms. The molecule has 0 aromatic heterocycles. The van der Waals surface area contributed by atoms with Crippen molar-refractivity contribution in [2.24, 2.45) is 23.2 Å². The fraction of sp³-hybridized carbons (Fsp3) is 0.640. The van der Waals surface area contributed by atoms with Crippen molar-refractivity contribution in [2.75, 3.05) is 13.6 Å². The number of ether oxygens (including phenoxy) is 1. The molecule has 1 aromatic carbocycles. The van der Waals surface area contributed by atoms with E-state index in [-0.39, 0.29) is 35.4 Å². The number of allylic oxidation sites excluding steroid dienone is 1. The Kier molecular flexibility index (Phi) is 5.82. The van der Waals surface area contributed by atoms with Gasteiger partial charge in [-0.1, -0.05) is 55.8 Å². The number of aliphatic hydroxyl groups excluding tert-OH is 2. The maximum atomic E-state index is 12.8. The molecule has 8 atom stereocenters. The largest absolute Gasteiger partial charge is 0.461 e. The maximum absolute atomic E-state index is 12.8. The van der Waals surface area contributed by atoms with Crippen molar-refractivity contribution < 1.29 is 19.7 Å². The molecule has 0 radical (unpaired) electrons. The van der Waals surface area contributed by atoms with Crippen LogP contribution in [0.1, 0.15) is 51.7 Å². The minimum atomic E-state index is -0.647. The summed E-state index contributed by atoms with van der Waals surface area (Å²) in [5.41, 5.74) is 1.82. The Hall–Kier alpha value is -1.69. The molecule has 1 aliphatic heterocycles. The third-order valence-corrected chi connectivity index (χ3v) is 8.35. The number of hydrogen-bond donors (Lipinski definition) is 2. The predicted molar refractivity (Wildman–Crippen MR) is 116 cm³/mol. The number of carbonyl (C=O) groups excluding carboxylic acids is 1. The van der Waals surface area contributed by atoms with E-state index >= 15 is 0 Å². The average molecular weight is 414 g/mol. The van der Waals surface area contributed by atoms with E-state index in [2.05, 4.69) is 19.9 Å². The lowest BCUT2D eigenvalue weighted by Crippen LogP contribution is -2.55. The van der Waals surface area contributed by atoms with E-state index in [0.717, 1.165) is 24.8 Å². The van der Waals surface area contributed by atoms with Crippen LogP contribution >= 0.6 is 0 Å². The molecule has 4 rings (SSSR count). The Balaban J connectivity index is 1.52. The molecule has 5 nitrogen and oxygen atoms in total. The van der Waals surface area contributed by atoms with Crippen LogP contribution in [0.5, 0.6) is 0 Å². The lowest BCUT2D eigenvalue weighted by molar-refractivity contribution is -0.145. The van der Waals surface area contributed by atoms with Crippen LogP contribution in [0.3, 0.4) is 0 Å². The molecule has 1 saturated carbocycles. The highest BCUT2D eigenvalue weighted by Crippen LogP contribution is 2.56. The van der Waals surface area contributed by atoms with E-state index in [1.54, 1.807) is 0 Å². The van der Waals surface area contributed by atoms with Crippen LogP contribution in [0.15, 0.2) is 42.0 Å². The van der Waals surface area contributed by atoms with E-state index < -0.39 is 12.2 Å². The number of esters is 1. The van der Waals surface area contributed by atoms with Gasteiger partial charge in [-0.05, 0) is 38.3 Å². The minimum absolute atomic E-state index is 0.167. The zero-order valence-electron chi connectivity index (χ0n) is 18.5. The van der Waals surface area contributed by atoms with Crippen LogP contribution in [0.25, 0.3) is 0 Å². The summed E-state index contributed by atoms with van der Waals surface area (Å²) < 4.78 is 5.77. The minimum Gasteiger partial charge on any atom is -0.461 e. The van der Waals surface area contributed by atoms with Gasteiger partial charge in [-0.2, -0.15) is 0 Å². The summed E-state index contributed by atoms with van der Waals surface area (Å²) in [5.74, 6) is -0.425. The molecule has 1 saturated heterocycles. The van der Waals surface area contributed by atoms with Crippen molar-refractivity contribution in [2.45, 2.75) is 64.4 Å². The number of aliphatic hydroxyl groups is 2. The molecule has 2 aliphatic carbocycles. The number of fused-ring (bicyclic) bond motifs is 2. The van der Waals surface area contributed by atoms with Crippen molar-refractivity contribution in [3.8, 4) is 0 Å². The van der Waals surface area contributed by atoms with Gasteiger partial charge in [0.05, 0.1) is 18.1 Å². The van der Waals surface area contributed by atoms with E-state index in [0.29, 0.717) is 12.5 Å². The fourth-order valence-corrected chi connectivity index (χ4v) is 5.92. The summed E-state index contributed by atoms with van der Waals surface area (Å²) >= 11 is 0. The zero-order valence-corrected chi connectivity index (χ0v) is 18.5. The van der Waals surface area contributed by atoms with Crippen molar-refractivity contribution in [1.82, 2.24) is 4.90 Å². The first-order valence-electron chi connectivity index (χ1n) is 11.3. The number of carbonyl (C=O) groups is 1. The molecule has 1 aromatic rings. The molecule has 0 amide bonds. The predicted octanol–water partition coefficient (Wildman–Crippen LogP) is 3.33. The van der Waals surface area contributed by atoms with Gasteiger partial charge >= 0.3 is 5.97 Å². The Bertz CT molecular complexity index is 809. The third-order valence-electron chi connectivity index (χ3n) is 8.35. The highest BCUT2D eigenvalue weighted by atomic mass is 16.6. The highest BCUT2D eigenvalue weighted by Gasteiger charge is 2.59. The van der Waals surface area contributed by atoms with Gasteiger partial charge in [0.15, 0.2) is 0 Å². The first-order chi connectivity index (χ1) is 14.2. The van der Waals surface area contributed by atoms with E-state index in [9.17, 15) is 15.0 Å². The fourth-order valence-electron chi connectivity index (χ4n) is 5.92. The SMILES string of the molecule is CC(C(O)c1ccccc1)N(C)CC1C(=O)O[C@@H]2CC3=CCC[C@H](C)[C@@]3(C)[C@@H](O)[C@H]12. The Morgan fingerprint density at radius 1 is 1.30 bits per heavy atom. The van der Waals surface area contributed by atoms with Crippen LogP contribution in [-0.4, -0.2) is 52.9 Å². The molecule has 3 aliphatic rings. The van der Waals surface area contributed by atoms with Crippen molar-refractivity contribution >= 4 is 5.97 Å². The average Bonchev–Trinajstić information content (AvgIpc) is 3.05. The maximum Gasteiger partial charge on any atom is 0.311 e. The van der Waals surface area contributed by atoms with Gasteiger partial charge in [-0.15, -0.1) is 0 Å². The highest BCUT2D eigenvalue weighted by molar-refractivity contribution is 5.76. The topological polar surface area (TPSA) is 70.0 Å². The van der Waals surface area contributed by atoms with Gasteiger partial charge in [-0.3, -0.25) is 9.69 Å². The van der Waals surface area contributed by atoms with E-state index in [1.807, 2.05) is 49.2 Å². The van der Waals surface area contributed by atoms with Gasteiger partial charge in [0.2, 0.25) is 0 Å². The third kappa shape index (κ3) is 3.41. The summed E-state index contributed by atoms with van der Waals surface area (Å²) in [5, 5.41) is 22.3. The smallest absolute Gasteiger partial charge is 0.311 e. The number of benzene rings is 1. The standard InChI is InChI=1S/C25H35NO4/c1-15-9-8-12-18-13-20-21(23(28)25(15,18)3)19(24(29)30-20)14-26(4)16(2)22(27)17-10-6-5-7-11-17/h5-7,10-12,15-16,19-23,27-28H,8-9,13-14H2,1-4H3/t15-,16?,19?,20+,21+,22?,23-,25+/m0/s1. The molecule has 3 unspecified atom stereocenters.